The molecule has 20 heavy (non-hydrogen) atoms. The van der Waals surface area contributed by atoms with Gasteiger partial charge in [-0.2, -0.15) is 0 Å². The van der Waals surface area contributed by atoms with E-state index in [1.54, 1.807) is 19.6 Å². The minimum absolute atomic E-state index is 0.0370. The van der Waals surface area contributed by atoms with Crippen molar-refractivity contribution in [2.24, 2.45) is 0 Å². The summed E-state index contributed by atoms with van der Waals surface area (Å²) in [6, 6.07) is 0. The van der Waals surface area contributed by atoms with Crippen molar-refractivity contribution in [3.05, 3.63) is 23.4 Å². The van der Waals surface area contributed by atoms with Gasteiger partial charge in [-0.3, -0.25) is 0 Å². The van der Waals surface area contributed by atoms with Crippen LogP contribution < -0.4 is 0 Å². The number of carboxylic acids is 4. The van der Waals surface area contributed by atoms with E-state index in [0.29, 0.717) is 12.2 Å². The average Bonchev–Trinajstić information content (AvgIpc) is 2.22. The molecular weight excluding hydrogens is 288 g/mol. The van der Waals surface area contributed by atoms with Gasteiger partial charge in [0, 0.05) is 23.4 Å². The summed E-state index contributed by atoms with van der Waals surface area (Å²) in [4.78, 5) is 39.9. The van der Waals surface area contributed by atoms with Gasteiger partial charge in [0.05, 0.1) is 8.07 Å². The lowest BCUT2D eigenvalue weighted by Crippen LogP contribution is -2.30. The Morgan fingerprint density at radius 2 is 1.10 bits per heavy atom. The lowest BCUT2D eigenvalue weighted by molar-refractivity contribution is -0.134. The Morgan fingerprint density at radius 1 is 0.750 bits per heavy atom. The molecular formula is C11H16O8Si. The molecule has 0 saturated heterocycles. The molecule has 112 valence electrons. The highest BCUT2D eigenvalue weighted by molar-refractivity contribution is 6.87. The standard InChI is InChI=1S/C7H12O4Si.C4H4O4/c1-12(2,3)5(7(10)11)4-6(8)9;5-3(6)1-2-4(7)8/h4H,1-3H3,(H,8,9)(H,10,11);1-2H,(H,5,6)(H,7,8)/b5-4+;. The molecule has 0 fully saturated rings. The van der Waals surface area contributed by atoms with Crippen LogP contribution in [0.5, 0.6) is 0 Å². The van der Waals surface area contributed by atoms with Gasteiger partial charge >= 0.3 is 23.9 Å². The summed E-state index contributed by atoms with van der Waals surface area (Å²) in [5, 5.41) is 32.7. The summed E-state index contributed by atoms with van der Waals surface area (Å²) >= 11 is 0. The molecule has 0 aliphatic rings. The van der Waals surface area contributed by atoms with E-state index in [9.17, 15) is 19.2 Å². The molecule has 0 amide bonds. The molecule has 0 heterocycles. The van der Waals surface area contributed by atoms with E-state index in [-0.39, 0.29) is 5.20 Å². The van der Waals surface area contributed by atoms with E-state index in [0.717, 1.165) is 6.08 Å². The first kappa shape index (κ1) is 19.9. The van der Waals surface area contributed by atoms with Crippen molar-refractivity contribution in [2.75, 3.05) is 0 Å². The van der Waals surface area contributed by atoms with Crippen molar-refractivity contribution in [3.63, 3.8) is 0 Å². The number of carbonyl (C=O) groups is 4. The van der Waals surface area contributed by atoms with Crippen molar-refractivity contribution in [1.82, 2.24) is 0 Å². The highest BCUT2D eigenvalue weighted by Crippen LogP contribution is 2.14. The second kappa shape index (κ2) is 8.64. The zero-order chi connectivity index (χ0) is 16.5. The Balaban J connectivity index is 0. The number of rotatable bonds is 5. The van der Waals surface area contributed by atoms with Gasteiger partial charge in [0.2, 0.25) is 0 Å². The van der Waals surface area contributed by atoms with E-state index in [1.807, 2.05) is 0 Å². The van der Waals surface area contributed by atoms with Crippen molar-refractivity contribution < 1.29 is 39.6 Å². The van der Waals surface area contributed by atoms with Crippen LogP contribution >= 0.6 is 0 Å². The van der Waals surface area contributed by atoms with Crippen LogP contribution in [0.15, 0.2) is 23.4 Å². The molecule has 0 atom stereocenters. The lowest BCUT2D eigenvalue weighted by Gasteiger charge is -2.15. The number of hydrogen-bond donors (Lipinski definition) is 4. The van der Waals surface area contributed by atoms with Crippen LogP contribution in [-0.2, 0) is 19.2 Å². The molecule has 4 N–H and O–H groups in total. The normalized spacial score (nSPS) is 11.4. The average molecular weight is 304 g/mol. The molecule has 0 unspecified atom stereocenters. The quantitative estimate of drug-likeness (QED) is 0.427. The van der Waals surface area contributed by atoms with E-state index in [2.05, 4.69) is 0 Å². The predicted octanol–water partition coefficient (Wildman–Crippen LogP) is 0.671. The number of hydrogen-bond acceptors (Lipinski definition) is 4. The molecule has 0 aliphatic heterocycles. The molecule has 0 aromatic rings. The van der Waals surface area contributed by atoms with Gasteiger partial charge in [-0.15, -0.1) is 0 Å². The fourth-order valence-electron chi connectivity index (χ4n) is 0.865. The van der Waals surface area contributed by atoms with Crippen LogP contribution in [-0.4, -0.2) is 52.4 Å². The van der Waals surface area contributed by atoms with Gasteiger partial charge in [-0.05, 0) is 0 Å². The first-order valence-electron chi connectivity index (χ1n) is 5.20. The third-order valence-electron chi connectivity index (χ3n) is 1.67. The van der Waals surface area contributed by atoms with Crippen LogP contribution in [0, 0.1) is 0 Å². The Morgan fingerprint density at radius 3 is 1.20 bits per heavy atom. The first-order valence-corrected chi connectivity index (χ1v) is 8.70. The zero-order valence-electron chi connectivity index (χ0n) is 11.2. The van der Waals surface area contributed by atoms with Gasteiger partial charge in [0.25, 0.3) is 0 Å². The Hall–Kier alpha value is -2.42. The maximum Gasteiger partial charge on any atom is 0.328 e. The second-order valence-corrected chi connectivity index (χ2v) is 9.50. The predicted molar refractivity (Wildman–Crippen MR) is 71.1 cm³/mol. The fraction of sp³-hybridized carbons (Fsp3) is 0.273. The third kappa shape index (κ3) is 12.0. The van der Waals surface area contributed by atoms with E-state index >= 15 is 0 Å². The Kier molecular flexibility index (Phi) is 8.60. The highest BCUT2D eigenvalue weighted by atomic mass is 28.3. The van der Waals surface area contributed by atoms with E-state index in [4.69, 9.17) is 20.4 Å². The first-order chi connectivity index (χ1) is 8.87. The van der Waals surface area contributed by atoms with Gasteiger partial charge in [-0.25, -0.2) is 19.2 Å². The third-order valence-corrected chi connectivity index (χ3v) is 3.65. The summed E-state index contributed by atoms with van der Waals surface area (Å²) in [6.45, 7) is 5.36. The zero-order valence-corrected chi connectivity index (χ0v) is 12.2. The largest absolute Gasteiger partial charge is 0.478 e. The molecule has 9 heteroatoms. The molecule has 0 saturated carbocycles. The molecule has 0 aromatic carbocycles. The molecule has 0 aliphatic carbocycles. The summed E-state index contributed by atoms with van der Waals surface area (Å²) in [5.74, 6) is -4.84. The van der Waals surface area contributed by atoms with Crippen molar-refractivity contribution in [1.29, 1.82) is 0 Å². The van der Waals surface area contributed by atoms with Crippen LogP contribution in [0.1, 0.15) is 0 Å². The monoisotopic (exact) mass is 304 g/mol. The van der Waals surface area contributed by atoms with Crippen LogP contribution in [0.3, 0.4) is 0 Å². The van der Waals surface area contributed by atoms with Crippen LogP contribution in [0.25, 0.3) is 0 Å². The topological polar surface area (TPSA) is 149 Å². The Bertz CT molecular complexity index is 440. The van der Waals surface area contributed by atoms with Crippen LogP contribution in [0.2, 0.25) is 19.6 Å². The molecule has 0 spiro atoms. The van der Waals surface area contributed by atoms with Crippen molar-refractivity contribution >= 4 is 32.0 Å². The number of aliphatic carboxylic acids is 4. The summed E-state index contributed by atoms with van der Waals surface area (Å²) < 4.78 is 0. The highest BCUT2D eigenvalue weighted by Gasteiger charge is 2.26. The number of carboxylic acid groups (broad SMARTS) is 4. The van der Waals surface area contributed by atoms with Crippen LogP contribution in [0.4, 0.5) is 0 Å². The summed E-state index contributed by atoms with van der Waals surface area (Å²) in [7, 11) is -2.03. The molecule has 8 nitrogen and oxygen atoms in total. The smallest absolute Gasteiger partial charge is 0.328 e. The SMILES string of the molecule is C[Si](C)(C)/C(=C/C(=O)O)C(=O)O.O=C(O)C=CC(=O)O. The lowest BCUT2D eigenvalue weighted by atomic mass is 10.5. The fourth-order valence-corrected chi connectivity index (χ4v) is 2.06. The molecule has 0 rings (SSSR count). The molecule has 0 radical (unpaired) electrons. The molecule has 0 aromatic heterocycles. The van der Waals surface area contributed by atoms with Gasteiger partial charge in [0.1, 0.15) is 0 Å². The van der Waals surface area contributed by atoms with Gasteiger partial charge < -0.3 is 20.4 Å². The minimum atomic E-state index is -2.03. The van der Waals surface area contributed by atoms with Gasteiger partial charge in [0.15, 0.2) is 0 Å². The summed E-state index contributed by atoms with van der Waals surface area (Å²) in [5.41, 5.74) is 0. The molecule has 0 bridgehead atoms. The maximum atomic E-state index is 10.6. The van der Waals surface area contributed by atoms with Gasteiger partial charge in [-0.1, -0.05) is 19.6 Å². The maximum absolute atomic E-state index is 10.6. The van der Waals surface area contributed by atoms with E-state index in [1.165, 1.54) is 0 Å². The minimum Gasteiger partial charge on any atom is -0.478 e. The van der Waals surface area contributed by atoms with Crippen molar-refractivity contribution in [3.8, 4) is 0 Å². The summed E-state index contributed by atoms with van der Waals surface area (Å²) in [6.07, 6.45) is 1.90. The van der Waals surface area contributed by atoms with E-state index < -0.39 is 32.0 Å². The Labute approximate surface area is 115 Å². The van der Waals surface area contributed by atoms with Crippen molar-refractivity contribution in [2.45, 2.75) is 19.6 Å². The second-order valence-electron chi connectivity index (χ2n) is 4.46.